The normalized spacial score (nSPS) is 12.0. The molecule has 0 N–H and O–H groups in total. The Morgan fingerprint density at radius 1 is 0.967 bits per heavy atom. The molecule has 0 bridgehead atoms. The number of oxime groups is 1. The Hall–Kier alpha value is -3.92. The summed E-state index contributed by atoms with van der Waals surface area (Å²) in [5.74, 6) is -0.469. The Bertz CT molecular complexity index is 1180. The molecule has 3 aromatic rings. The number of para-hydroxylation sites is 1. The minimum Gasteiger partial charge on any atom is -0.318 e. The molecule has 30 heavy (non-hydrogen) atoms. The predicted octanol–water partition coefficient (Wildman–Crippen LogP) is 6.12. The van der Waals surface area contributed by atoms with Crippen molar-refractivity contribution < 1.29 is 9.63 Å². The number of hydrogen-bond donors (Lipinski definition) is 0. The molecule has 2 aromatic carbocycles. The lowest BCUT2D eigenvalue weighted by atomic mass is 10.0. The van der Waals surface area contributed by atoms with Gasteiger partial charge in [0.1, 0.15) is 5.71 Å². The smallest absolute Gasteiger partial charge is 0.318 e. The average Bonchev–Trinajstić information content (AvgIpc) is 3.11. The number of nitrogens with zero attached hydrogens (tertiary/aromatic N) is 2. The van der Waals surface area contributed by atoms with Crippen LogP contribution in [0.3, 0.4) is 0 Å². The van der Waals surface area contributed by atoms with E-state index in [0.29, 0.717) is 5.71 Å². The molecule has 0 saturated heterocycles. The van der Waals surface area contributed by atoms with Crippen molar-refractivity contribution in [1.29, 1.82) is 0 Å². The summed E-state index contributed by atoms with van der Waals surface area (Å²) in [4.78, 5) is 16.4. The number of carbonyl (C=O) groups is 1. The van der Waals surface area contributed by atoms with Gasteiger partial charge >= 0.3 is 5.97 Å². The molecule has 4 heteroatoms. The van der Waals surface area contributed by atoms with Crippen molar-refractivity contribution in [3.05, 3.63) is 115 Å². The largest absolute Gasteiger partial charge is 0.332 e. The zero-order chi connectivity index (χ0) is 21.5. The van der Waals surface area contributed by atoms with Crippen LogP contribution in [0.4, 0.5) is 0 Å². The first-order valence-corrected chi connectivity index (χ1v) is 9.58. The van der Waals surface area contributed by atoms with Crippen molar-refractivity contribution in [2.75, 3.05) is 0 Å². The van der Waals surface area contributed by atoms with E-state index in [9.17, 15) is 4.79 Å². The summed E-state index contributed by atoms with van der Waals surface area (Å²) >= 11 is 0. The first-order valence-electron chi connectivity index (χ1n) is 9.58. The van der Waals surface area contributed by atoms with Crippen molar-refractivity contribution in [2.45, 2.75) is 13.8 Å². The van der Waals surface area contributed by atoms with E-state index in [0.717, 1.165) is 33.3 Å². The standard InChI is InChI=1S/C26H24N2O2/c1-19(2)12-8-9-13-20(3)28-18-24(23-16-10-11-17-25(23)28)26(27-30-21(4)29)22-14-6-5-7-15-22/h5-18H,1,3H2,2,4H3/b12-8-,13-9-,27-26+. The van der Waals surface area contributed by atoms with Crippen LogP contribution in [0, 0.1) is 0 Å². The molecule has 0 aliphatic rings. The number of rotatable bonds is 7. The van der Waals surface area contributed by atoms with Gasteiger partial charge in [-0.2, -0.15) is 0 Å². The molecule has 0 fully saturated rings. The second-order valence-electron chi connectivity index (χ2n) is 6.87. The zero-order valence-corrected chi connectivity index (χ0v) is 17.2. The maximum absolute atomic E-state index is 11.4. The molecular formula is C26H24N2O2. The number of fused-ring (bicyclic) bond motifs is 1. The Kier molecular flexibility index (Phi) is 6.60. The topological polar surface area (TPSA) is 43.6 Å². The summed E-state index contributed by atoms with van der Waals surface area (Å²) < 4.78 is 2.00. The Morgan fingerprint density at radius 2 is 1.63 bits per heavy atom. The van der Waals surface area contributed by atoms with Gasteiger partial charge in [-0.1, -0.05) is 90.6 Å². The fourth-order valence-corrected chi connectivity index (χ4v) is 3.04. The van der Waals surface area contributed by atoms with Crippen LogP contribution in [0.1, 0.15) is 25.0 Å². The zero-order valence-electron chi connectivity index (χ0n) is 17.2. The van der Waals surface area contributed by atoms with Crippen molar-refractivity contribution in [2.24, 2.45) is 5.16 Å². The summed E-state index contributed by atoms with van der Waals surface area (Å²) in [6.07, 6.45) is 9.69. The van der Waals surface area contributed by atoms with E-state index in [2.05, 4.69) is 18.3 Å². The first-order chi connectivity index (χ1) is 14.5. The summed E-state index contributed by atoms with van der Waals surface area (Å²) in [6.45, 7) is 11.3. The quantitative estimate of drug-likeness (QED) is 0.209. The maximum Gasteiger partial charge on any atom is 0.332 e. The highest BCUT2D eigenvalue weighted by Gasteiger charge is 2.17. The minimum atomic E-state index is -0.469. The predicted molar refractivity (Wildman–Crippen MR) is 124 cm³/mol. The van der Waals surface area contributed by atoms with Crippen LogP contribution >= 0.6 is 0 Å². The fraction of sp³-hybridized carbons (Fsp3) is 0.0769. The van der Waals surface area contributed by atoms with Gasteiger partial charge in [-0.05, 0) is 19.1 Å². The van der Waals surface area contributed by atoms with Crippen molar-refractivity contribution in [1.82, 2.24) is 4.57 Å². The summed E-state index contributed by atoms with van der Waals surface area (Å²) in [6, 6.07) is 17.6. The van der Waals surface area contributed by atoms with Gasteiger partial charge in [0.25, 0.3) is 0 Å². The Labute approximate surface area is 176 Å². The monoisotopic (exact) mass is 396 g/mol. The summed E-state index contributed by atoms with van der Waals surface area (Å²) in [5, 5.41) is 5.15. The summed E-state index contributed by atoms with van der Waals surface area (Å²) in [7, 11) is 0. The molecule has 0 spiro atoms. The van der Waals surface area contributed by atoms with Gasteiger partial charge in [0.2, 0.25) is 0 Å². The number of allylic oxidation sites excluding steroid dienone is 6. The highest BCUT2D eigenvalue weighted by Crippen LogP contribution is 2.27. The van der Waals surface area contributed by atoms with Gasteiger partial charge in [-0.3, -0.25) is 0 Å². The molecule has 0 atom stereocenters. The van der Waals surface area contributed by atoms with E-state index in [1.54, 1.807) is 0 Å². The lowest BCUT2D eigenvalue weighted by Gasteiger charge is -2.05. The van der Waals surface area contributed by atoms with E-state index in [1.165, 1.54) is 6.92 Å². The molecule has 1 aromatic heterocycles. The molecule has 0 amide bonds. The molecule has 4 nitrogen and oxygen atoms in total. The van der Waals surface area contributed by atoms with E-state index in [4.69, 9.17) is 4.84 Å². The first kappa shape index (κ1) is 20.8. The third kappa shape index (κ3) is 4.92. The van der Waals surface area contributed by atoms with Gasteiger partial charge in [0.05, 0.1) is 5.52 Å². The Balaban J connectivity index is 2.11. The molecule has 0 radical (unpaired) electrons. The number of hydrogen-bond acceptors (Lipinski definition) is 3. The van der Waals surface area contributed by atoms with Crippen molar-refractivity contribution >= 4 is 28.3 Å². The van der Waals surface area contributed by atoms with Gasteiger partial charge in [0, 0.05) is 35.3 Å². The molecule has 0 unspecified atom stereocenters. The van der Waals surface area contributed by atoms with Gasteiger partial charge in [0.15, 0.2) is 0 Å². The van der Waals surface area contributed by atoms with Gasteiger partial charge in [-0.15, -0.1) is 0 Å². The average molecular weight is 396 g/mol. The second-order valence-corrected chi connectivity index (χ2v) is 6.87. The lowest BCUT2D eigenvalue weighted by Crippen LogP contribution is -2.05. The number of benzene rings is 2. The van der Waals surface area contributed by atoms with E-state index in [-0.39, 0.29) is 0 Å². The minimum absolute atomic E-state index is 0.469. The summed E-state index contributed by atoms with van der Waals surface area (Å²) in [5.41, 5.74) is 5.05. The molecule has 0 aliphatic heterocycles. The third-order valence-electron chi connectivity index (χ3n) is 4.37. The van der Waals surface area contributed by atoms with Gasteiger partial charge < -0.3 is 9.40 Å². The second kappa shape index (κ2) is 9.52. The molecule has 0 saturated carbocycles. The maximum atomic E-state index is 11.4. The Morgan fingerprint density at radius 3 is 2.33 bits per heavy atom. The third-order valence-corrected chi connectivity index (χ3v) is 4.37. The van der Waals surface area contributed by atoms with E-state index >= 15 is 0 Å². The van der Waals surface area contributed by atoms with Crippen LogP contribution in [-0.4, -0.2) is 16.2 Å². The van der Waals surface area contributed by atoms with Crippen molar-refractivity contribution in [3.8, 4) is 0 Å². The van der Waals surface area contributed by atoms with Crippen LogP contribution in [0.5, 0.6) is 0 Å². The van der Waals surface area contributed by atoms with Crippen LogP contribution < -0.4 is 0 Å². The van der Waals surface area contributed by atoms with Crippen molar-refractivity contribution in [3.63, 3.8) is 0 Å². The van der Waals surface area contributed by atoms with Crippen LogP contribution in [0.25, 0.3) is 16.6 Å². The van der Waals surface area contributed by atoms with Crippen LogP contribution in [0.15, 0.2) is 109 Å². The molecule has 3 rings (SSSR count). The van der Waals surface area contributed by atoms with Gasteiger partial charge in [-0.25, -0.2) is 4.79 Å². The van der Waals surface area contributed by atoms with Crippen LogP contribution in [-0.2, 0) is 9.63 Å². The fourth-order valence-electron chi connectivity index (χ4n) is 3.04. The highest BCUT2D eigenvalue weighted by atomic mass is 16.7. The molecular weight excluding hydrogens is 372 g/mol. The van der Waals surface area contributed by atoms with E-state index < -0.39 is 5.97 Å². The molecule has 0 aliphatic carbocycles. The van der Waals surface area contributed by atoms with Crippen LogP contribution in [0.2, 0.25) is 0 Å². The number of carbonyl (C=O) groups excluding carboxylic acids is 1. The SMILES string of the molecule is C=C(C)/C=C\C=C/C(=C)n1cc(/C(=N/OC(C)=O)c2ccccc2)c2ccccc21. The molecule has 1 heterocycles. The molecule has 150 valence electrons. The number of aromatic nitrogens is 1. The van der Waals surface area contributed by atoms with E-state index in [1.807, 2.05) is 96.6 Å². The highest BCUT2D eigenvalue weighted by molar-refractivity contribution is 6.19. The lowest BCUT2D eigenvalue weighted by molar-refractivity contribution is -0.140.